The highest BCUT2D eigenvalue weighted by Crippen LogP contribution is 2.22. The van der Waals surface area contributed by atoms with Crippen LogP contribution in [0.1, 0.15) is 38.8 Å². The maximum atomic E-state index is 12.2. The summed E-state index contributed by atoms with van der Waals surface area (Å²) in [6, 6.07) is 15.3. The van der Waals surface area contributed by atoms with Crippen LogP contribution in [0.25, 0.3) is 0 Å². The summed E-state index contributed by atoms with van der Waals surface area (Å²) in [5.41, 5.74) is 3.47. The van der Waals surface area contributed by atoms with Crippen molar-refractivity contribution < 1.29 is 9.59 Å². The lowest BCUT2D eigenvalue weighted by atomic mass is 10.1. The molecule has 0 N–H and O–H groups in total. The number of carbonyl (C=O) groups is 2. The van der Waals surface area contributed by atoms with Crippen molar-refractivity contribution in [1.82, 2.24) is 4.90 Å². The van der Waals surface area contributed by atoms with E-state index in [2.05, 4.69) is 31.2 Å². The number of amides is 2. The summed E-state index contributed by atoms with van der Waals surface area (Å²) in [5.74, 6) is -0.360. The molecule has 3 heteroatoms. The van der Waals surface area contributed by atoms with Gasteiger partial charge in [0.1, 0.15) is 0 Å². The van der Waals surface area contributed by atoms with Crippen LogP contribution in [0.5, 0.6) is 0 Å². The third-order valence-corrected chi connectivity index (χ3v) is 3.93. The summed E-state index contributed by atoms with van der Waals surface area (Å²) in [6.45, 7) is 2.55. The van der Waals surface area contributed by atoms with Crippen molar-refractivity contribution in [3.05, 3.63) is 70.8 Å². The monoisotopic (exact) mass is 279 g/mol. The third-order valence-electron chi connectivity index (χ3n) is 3.93. The lowest BCUT2D eigenvalue weighted by molar-refractivity contribution is 0.0656. The van der Waals surface area contributed by atoms with Crippen LogP contribution >= 0.6 is 0 Å². The van der Waals surface area contributed by atoms with Crippen LogP contribution in [0.2, 0.25) is 0 Å². The number of hydrogen-bond acceptors (Lipinski definition) is 2. The van der Waals surface area contributed by atoms with E-state index in [1.807, 2.05) is 0 Å². The molecule has 2 amide bonds. The molecule has 0 fully saturated rings. The molecule has 0 atom stereocenters. The van der Waals surface area contributed by atoms with Crippen LogP contribution in [0, 0.1) is 0 Å². The molecule has 2 aromatic rings. The molecule has 3 rings (SSSR count). The third kappa shape index (κ3) is 2.47. The Hall–Kier alpha value is -2.42. The normalized spacial score (nSPS) is 13.7. The molecule has 1 aliphatic rings. The van der Waals surface area contributed by atoms with Crippen LogP contribution in [-0.4, -0.2) is 23.3 Å². The van der Waals surface area contributed by atoms with Gasteiger partial charge in [0, 0.05) is 6.54 Å². The van der Waals surface area contributed by atoms with Crippen LogP contribution in [-0.2, 0) is 12.8 Å². The molecular formula is C18H17NO2. The first-order chi connectivity index (χ1) is 10.2. The van der Waals surface area contributed by atoms with Crippen molar-refractivity contribution in [3.8, 4) is 0 Å². The standard InChI is InChI=1S/C18H17NO2/c1-2-13-7-9-14(10-8-13)11-12-19-17(20)15-5-3-4-6-16(15)18(19)21/h3-10H,2,11-12H2,1H3. The fraction of sp³-hybridized carbons (Fsp3) is 0.222. The lowest BCUT2D eigenvalue weighted by Gasteiger charge is -2.13. The largest absolute Gasteiger partial charge is 0.274 e. The van der Waals surface area contributed by atoms with E-state index in [0.29, 0.717) is 24.1 Å². The Bertz CT molecular complexity index is 654. The Morgan fingerprint density at radius 3 is 1.86 bits per heavy atom. The molecule has 3 nitrogen and oxygen atoms in total. The average Bonchev–Trinajstić information content (AvgIpc) is 2.78. The first-order valence-electron chi connectivity index (χ1n) is 7.23. The van der Waals surface area contributed by atoms with Gasteiger partial charge < -0.3 is 0 Å². The molecule has 0 radical (unpaired) electrons. The van der Waals surface area contributed by atoms with Crippen molar-refractivity contribution >= 4 is 11.8 Å². The molecule has 2 aromatic carbocycles. The maximum absolute atomic E-state index is 12.2. The number of benzene rings is 2. The number of aryl methyl sites for hydroxylation is 1. The van der Waals surface area contributed by atoms with E-state index in [0.717, 1.165) is 12.0 Å². The predicted molar refractivity (Wildman–Crippen MR) is 81.3 cm³/mol. The second-order valence-electron chi connectivity index (χ2n) is 5.23. The summed E-state index contributed by atoms with van der Waals surface area (Å²) in [4.78, 5) is 25.8. The maximum Gasteiger partial charge on any atom is 0.261 e. The zero-order chi connectivity index (χ0) is 14.8. The fourth-order valence-electron chi connectivity index (χ4n) is 2.62. The van der Waals surface area contributed by atoms with Crippen molar-refractivity contribution in [1.29, 1.82) is 0 Å². The van der Waals surface area contributed by atoms with E-state index in [1.165, 1.54) is 10.5 Å². The highest BCUT2D eigenvalue weighted by Gasteiger charge is 2.34. The molecule has 21 heavy (non-hydrogen) atoms. The summed E-state index contributed by atoms with van der Waals surface area (Å²) in [7, 11) is 0. The Labute approximate surface area is 124 Å². The first kappa shape index (κ1) is 13.6. The number of hydrogen-bond donors (Lipinski definition) is 0. The topological polar surface area (TPSA) is 37.4 Å². The predicted octanol–water partition coefficient (Wildman–Crippen LogP) is 3.09. The molecule has 0 bridgehead atoms. The van der Waals surface area contributed by atoms with Gasteiger partial charge in [-0.1, -0.05) is 43.3 Å². The van der Waals surface area contributed by atoms with E-state index in [9.17, 15) is 9.59 Å². The van der Waals surface area contributed by atoms with E-state index >= 15 is 0 Å². The van der Waals surface area contributed by atoms with Crippen LogP contribution in [0.4, 0.5) is 0 Å². The van der Waals surface area contributed by atoms with Crippen molar-refractivity contribution in [2.75, 3.05) is 6.54 Å². The van der Waals surface area contributed by atoms with Crippen LogP contribution < -0.4 is 0 Å². The molecule has 0 aliphatic carbocycles. The minimum Gasteiger partial charge on any atom is -0.274 e. The van der Waals surface area contributed by atoms with Gasteiger partial charge in [-0.15, -0.1) is 0 Å². The van der Waals surface area contributed by atoms with Gasteiger partial charge in [0.25, 0.3) is 11.8 Å². The number of nitrogens with zero attached hydrogens (tertiary/aromatic N) is 1. The molecule has 0 aromatic heterocycles. The summed E-state index contributed by atoms with van der Waals surface area (Å²) in [6.07, 6.45) is 1.70. The second-order valence-corrected chi connectivity index (χ2v) is 5.23. The minimum atomic E-state index is -0.180. The van der Waals surface area contributed by atoms with Gasteiger partial charge in [0.05, 0.1) is 11.1 Å². The van der Waals surface area contributed by atoms with Gasteiger partial charge in [0.2, 0.25) is 0 Å². The number of carbonyl (C=O) groups excluding carboxylic acids is 2. The van der Waals surface area contributed by atoms with E-state index in [1.54, 1.807) is 24.3 Å². The van der Waals surface area contributed by atoms with Crippen LogP contribution in [0.3, 0.4) is 0 Å². The van der Waals surface area contributed by atoms with Gasteiger partial charge in [-0.2, -0.15) is 0 Å². The molecule has 0 saturated carbocycles. The summed E-state index contributed by atoms with van der Waals surface area (Å²) >= 11 is 0. The quantitative estimate of drug-likeness (QED) is 0.806. The Balaban J connectivity index is 1.72. The van der Waals surface area contributed by atoms with Gasteiger partial charge in [-0.05, 0) is 36.1 Å². The van der Waals surface area contributed by atoms with Crippen molar-refractivity contribution in [2.45, 2.75) is 19.8 Å². The Kier molecular flexibility index (Phi) is 3.57. The molecule has 106 valence electrons. The van der Waals surface area contributed by atoms with E-state index in [4.69, 9.17) is 0 Å². The van der Waals surface area contributed by atoms with Gasteiger partial charge in [0.15, 0.2) is 0 Å². The Morgan fingerprint density at radius 1 is 0.810 bits per heavy atom. The molecule has 1 heterocycles. The summed E-state index contributed by atoms with van der Waals surface area (Å²) in [5, 5.41) is 0. The lowest BCUT2D eigenvalue weighted by Crippen LogP contribution is -2.31. The SMILES string of the molecule is CCc1ccc(CCN2C(=O)c3ccccc3C2=O)cc1. The van der Waals surface area contributed by atoms with Gasteiger partial charge in [-0.3, -0.25) is 14.5 Å². The highest BCUT2D eigenvalue weighted by molar-refractivity contribution is 6.21. The van der Waals surface area contributed by atoms with Gasteiger partial charge in [-0.25, -0.2) is 0 Å². The van der Waals surface area contributed by atoms with Gasteiger partial charge >= 0.3 is 0 Å². The molecule has 1 aliphatic heterocycles. The van der Waals surface area contributed by atoms with Crippen LogP contribution in [0.15, 0.2) is 48.5 Å². The highest BCUT2D eigenvalue weighted by atomic mass is 16.2. The summed E-state index contributed by atoms with van der Waals surface area (Å²) < 4.78 is 0. The molecule has 0 unspecified atom stereocenters. The number of fused-ring (bicyclic) bond motifs is 1. The Morgan fingerprint density at radius 2 is 1.33 bits per heavy atom. The minimum absolute atomic E-state index is 0.180. The molecule has 0 spiro atoms. The van der Waals surface area contributed by atoms with E-state index in [-0.39, 0.29) is 11.8 Å². The molecular weight excluding hydrogens is 262 g/mol. The number of imide groups is 1. The second kappa shape index (κ2) is 5.52. The zero-order valence-electron chi connectivity index (χ0n) is 12.0. The molecule has 0 saturated heterocycles. The van der Waals surface area contributed by atoms with Crippen molar-refractivity contribution in [2.24, 2.45) is 0 Å². The van der Waals surface area contributed by atoms with Crippen molar-refractivity contribution in [3.63, 3.8) is 0 Å². The average molecular weight is 279 g/mol. The van der Waals surface area contributed by atoms with E-state index < -0.39 is 0 Å². The zero-order valence-corrected chi connectivity index (χ0v) is 12.0. The number of rotatable bonds is 4. The first-order valence-corrected chi connectivity index (χ1v) is 7.23. The smallest absolute Gasteiger partial charge is 0.261 e. The fourth-order valence-corrected chi connectivity index (χ4v) is 2.62.